The normalized spacial score (nSPS) is 15.7. The lowest BCUT2D eigenvalue weighted by Crippen LogP contribution is -2.21. The SMILES string of the molecule is C1=CC2Oc3ccc4cc(N(c5ccccc5)c5ccccc5)ccc4c3C2c2ccc(N(c3ccccc3)c3ccccc3)cc21. The van der Waals surface area contributed by atoms with Crippen molar-refractivity contribution in [3.05, 3.63) is 193 Å². The third kappa shape index (κ3) is 4.76. The van der Waals surface area contributed by atoms with E-state index in [-0.39, 0.29) is 12.0 Å². The highest BCUT2D eigenvalue weighted by Crippen LogP contribution is 2.51. The van der Waals surface area contributed by atoms with Gasteiger partial charge in [0, 0.05) is 39.7 Å². The monoisotopic (exact) mass is 604 g/mol. The molecular weight excluding hydrogens is 572 g/mol. The Morgan fingerprint density at radius 3 is 1.51 bits per heavy atom. The first-order valence-electron chi connectivity index (χ1n) is 16.2. The predicted octanol–water partition coefficient (Wildman–Crippen LogP) is 11.7. The van der Waals surface area contributed by atoms with Crippen LogP contribution in [0.4, 0.5) is 34.1 Å². The van der Waals surface area contributed by atoms with E-state index in [9.17, 15) is 0 Å². The van der Waals surface area contributed by atoms with Crippen LogP contribution < -0.4 is 14.5 Å². The van der Waals surface area contributed by atoms with Crippen LogP contribution in [0.3, 0.4) is 0 Å². The van der Waals surface area contributed by atoms with Crippen LogP contribution in [0.15, 0.2) is 176 Å². The highest BCUT2D eigenvalue weighted by atomic mass is 16.5. The largest absolute Gasteiger partial charge is 0.485 e. The van der Waals surface area contributed by atoms with Crippen LogP contribution in [0.2, 0.25) is 0 Å². The molecule has 1 aliphatic carbocycles. The molecule has 47 heavy (non-hydrogen) atoms. The molecule has 2 atom stereocenters. The molecule has 7 aromatic rings. The van der Waals surface area contributed by atoms with Gasteiger partial charge in [-0.1, -0.05) is 97.1 Å². The van der Waals surface area contributed by atoms with Gasteiger partial charge in [-0.15, -0.1) is 0 Å². The van der Waals surface area contributed by atoms with Crippen molar-refractivity contribution in [3.63, 3.8) is 0 Å². The predicted molar refractivity (Wildman–Crippen MR) is 195 cm³/mol. The molecule has 7 aromatic carbocycles. The second-order valence-electron chi connectivity index (χ2n) is 12.1. The van der Waals surface area contributed by atoms with Gasteiger partial charge in [0.05, 0.1) is 5.92 Å². The third-order valence-electron chi connectivity index (χ3n) is 9.35. The van der Waals surface area contributed by atoms with E-state index >= 15 is 0 Å². The molecule has 0 fully saturated rings. The molecule has 2 aliphatic rings. The number of nitrogens with zero attached hydrogens (tertiary/aromatic N) is 2. The average Bonchev–Trinajstić information content (AvgIpc) is 3.53. The summed E-state index contributed by atoms with van der Waals surface area (Å²) >= 11 is 0. The Morgan fingerprint density at radius 2 is 0.957 bits per heavy atom. The Hall–Kier alpha value is -6.06. The quantitative estimate of drug-likeness (QED) is 0.188. The average molecular weight is 605 g/mol. The fourth-order valence-electron chi connectivity index (χ4n) is 7.28. The first kappa shape index (κ1) is 27.3. The molecule has 1 aliphatic heterocycles. The van der Waals surface area contributed by atoms with Crippen molar-refractivity contribution < 1.29 is 4.74 Å². The second-order valence-corrected chi connectivity index (χ2v) is 12.1. The Morgan fingerprint density at radius 1 is 0.447 bits per heavy atom. The number of anilines is 6. The molecular formula is C44H32N2O. The summed E-state index contributed by atoms with van der Waals surface area (Å²) < 4.78 is 6.60. The molecule has 2 unspecified atom stereocenters. The van der Waals surface area contributed by atoms with Crippen molar-refractivity contribution >= 4 is 51.0 Å². The lowest BCUT2D eigenvalue weighted by Gasteiger charge is -2.29. The van der Waals surface area contributed by atoms with Crippen LogP contribution in [-0.2, 0) is 0 Å². The highest BCUT2D eigenvalue weighted by molar-refractivity contribution is 5.94. The summed E-state index contributed by atoms with van der Waals surface area (Å²) in [6.45, 7) is 0. The van der Waals surface area contributed by atoms with Gasteiger partial charge in [-0.05, 0) is 107 Å². The van der Waals surface area contributed by atoms with Crippen LogP contribution in [0.5, 0.6) is 5.75 Å². The van der Waals surface area contributed by atoms with Gasteiger partial charge in [0.1, 0.15) is 11.9 Å². The number of rotatable bonds is 6. The third-order valence-corrected chi connectivity index (χ3v) is 9.35. The summed E-state index contributed by atoms with van der Waals surface area (Å²) in [6, 6.07) is 60.4. The number of para-hydroxylation sites is 4. The van der Waals surface area contributed by atoms with Gasteiger partial charge >= 0.3 is 0 Å². The molecule has 3 nitrogen and oxygen atoms in total. The van der Waals surface area contributed by atoms with E-state index in [1.807, 2.05) is 0 Å². The summed E-state index contributed by atoms with van der Waals surface area (Å²) in [5.41, 5.74) is 10.6. The maximum atomic E-state index is 6.60. The minimum Gasteiger partial charge on any atom is -0.485 e. The van der Waals surface area contributed by atoms with Gasteiger partial charge < -0.3 is 14.5 Å². The van der Waals surface area contributed by atoms with Crippen LogP contribution in [-0.4, -0.2) is 6.10 Å². The number of fused-ring (bicyclic) bond motifs is 7. The molecule has 0 saturated carbocycles. The summed E-state index contributed by atoms with van der Waals surface area (Å²) in [5.74, 6) is 1.09. The van der Waals surface area contributed by atoms with E-state index < -0.39 is 0 Å². The minimum atomic E-state index is -0.0295. The van der Waals surface area contributed by atoms with E-state index in [1.54, 1.807) is 0 Å². The Kier molecular flexibility index (Phi) is 6.60. The molecule has 1 heterocycles. The number of hydrogen-bond acceptors (Lipinski definition) is 3. The standard InChI is InChI=1S/C44H32N2O/c1-5-13-33(14-6-1)45(34-15-7-2-8-16-34)37-23-25-39-31(29-37)21-27-41-43(39)44-40-26-24-38(30-32(40)22-28-42(44)47-41)46(35-17-9-3-10-18-35)36-19-11-4-12-20-36/h1-30,41,43H. The molecule has 0 N–H and O–H groups in total. The lowest BCUT2D eigenvalue weighted by atomic mass is 9.80. The van der Waals surface area contributed by atoms with Crippen molar-refractivity contribution in [2.24, 2.45) is 0 Å². The molecule has 0 aromatic heterocycles. The van der Waals surface area contributed by atoms with E-state index in [0.29, 0.717) is 0 Å². The zero-order valence-electron chi connectivity index (χ0n) is 25.8. The van der Waals surface area contributed by atoms with Gasteiger partial charge in [0.2, 0.25) is 0 Å². The molecule has 9 rings (SSSR count). The smallest absolute Gasteiger partial charge is 0.128 e. The number of benzene rings is 7. The molecule has 224 valence electrons. The van der Waals surface area contributed by atoms with Crippen molar-refractivity contribution in [1.29, 1.82) is 0 Å². The van der Waals surface area contributed by atoms with Gasteiger partial charge in [0.25, 0.3) is 0 Å². The van der Waals surface area contributed by atoms with Gasteiger partial charge in [0.15, 0.2) is 0 Å². The van der Waals surface area contributed by atoms with Crippen LogP contribution in [0, 0.1) is 0 Å². The van der Waals surface area contributed by atoms with Gasteiger partial charge in [-0.2, -0.15) is 0 Å². The fourth-order valence-corrected chi connectivity index (χ4v) is 7.28. The van der Waals surface area contributed by atoms with Crippen molar-refractivity contribution in [3.8, 4) is 5.75 Å². The van der Waals surface area contributed by atoms with Gasteiger partial charge in [-0.25, -0.2) is 0 Å². The molecule has 0 radical (unpaired) electrons. The number of hydrogen-bond donors (Lipinski definition) is 0. The van der Waals surface area contributed by atoms with E-state index in [1.165, 1.54) is 27.5 Å². The fraction of sp³-hybridized carbons (Fsp3) is 0.0455. The molecule has 0 spiro atoms. The Bertz CT molecular complexity index is 2150. The summed E-state index contributed by atoms with van der Waals surface area (Å²) in [7, 11) is 0. The molecule has 0 bridgehead atoms. The zero-order valence-corrected chi connectivity index (χ0v) is 25.8. The maximum Gasteiger partial charge on any atom is 0.128 e. The molecule has 0 amide bonds. The van der Waals surface area contributed by atoms with Crippen LogP contribution >= 0.6 is 0 Å². The molecule has 0 saturated heterocycles. The van der Waals surface area contributed by atoms with Crippen molar-refractivity contribution in [1.82, 2.24) is 0 Å². The Labute approximate surface area is 275 Å². The van der Waals surface area contributed by atoms with E-state index in [2.05, 4.69) is 192 Å². The first-order chi connectivity index (χ1) is 23.3. The summed E-state index contributed by atoms with van der Waals surface area (Å²) in [6.07, 6.45) is 4.44. The highest BCUT2D eigenvalue weighted by Gasteiger charge is 2.38. The van der Waals surface area contributed by atoms with Crippen molar-refractivity contribution in [2.45, 2.75) is 12.0 Å². The summed E-state index contributed by atoms with van der Waals surface area (Å²) in [5, 5.41) is 2.44. The maximum absolute atomic E-state index is 6.60. The topological polar surface area (TPSA) is 15.7 Å². The zero-order chi connectivity index (χ0) is 31.2. The first-order valence-corrected chi connectivity index (χ1v) is 16.2. The number of ether oxygens (including phenoxy) is 1. The van der Waals surface area contributed by atoms with Crippen molar-refractivity contribution in [2.75, 3.05) is 9.80 Å². The minimum absolute atomic E-state index is 0.0295. The second kappa shape index (κ2) is 11.4. The van der Waals surface area contributed by atoms with E-state index in [4.69, 9.17) is 4.74 Å². The lowest BCUT2D eigenvalue weighted by molar-refractivity contribution is 0.267. The summed E-state index contributed by atoms with van der Waals surface area (Å²) in [4.78, 5) is 4.64. The molecule has 3 heteroatoms. The van der Waals surface area contributed by atoms with Crippen LogP contribution in [0.1, 0.15) is 22.6 Å². The van der Waals surface area contributed by atoms with Crippen LogP contribution in [0.25, 0.3) is 16.8 Å². The van der Waals surface area contributed by atoms with E-state index in [0.717, 1.165) is 39.9 Å². The van der Waals surface area contributed by atoms with Gasteiger partial charge in [-0.3, -0.25) is 0 Å². The Balaban J connectivity index is 1.13.